The van der Waals surface area contributed by atoms with E-state index in [9.17, 15) is 14.9 Å². The third-order valence-corrected chi connectivity index (χ3v) is 3.26. The van der Waals surface area contributed by atoms with Crippen LogP contribution in [0.1, 0.15) is 0 Å². The standard InChI is InChI=1S/C16H13N5O3/c22-16-15(19-18-12-7-3-1-4-8-12)14(21(23)24)11-17-20(16)13-9-5-2-6-10-13/h1-11,18-19H. The molecule has 0 unspecified atom stereocenters. The lowest BCUT2D eigenvalue weighted by molar-refractivity contribution is -0.384. The second-order valence-corrected chi connectivity index (χ2v) is 4.83. The van der Waals surface area contributed by atoms with Crippen LogP contribution in [0.3, 0.4) is 0 Å². The van der Waals surface area contributed by atoms with E-state index in [-0.39, 0.29) is 5.69 Å². The molecule has 3 rings (SSSR count). The normalized spacial score (nSPS) is 10.2. The Balaban J connectivity index is 2.02. The van der Waals surface area contributed by atoms with Crippen molar-refractivity contribution in [3.63, 3.8) is 0 Å². The molecule has 8 nitrogen and oxygen atoms in total. The molecule has 8 heteroatoms. The zero-order chi connectivity index (χ0) is 16.9. The number of rotatable bonds is 5. The number of hydrogen-bond acceptors (Lipinski definition) is 6. The number of nitro groups is 1. The van der Waals surface area contributed by atoms with Crippen LogP contribution >= 0.6 is 0 Å². The molecule has 1 aromatic heterocycles. The van der Waals surface area contributed by atoms with E-state index in [1.807, 2.05) is 6.07 Å². The Labute approximate surface area is 136 Å². The van der Waals surface area contributed by atoms with Crippen molar-refractivity contribution in [3.05, 3.63) is 87.3 Å². The van der Waals surface area contributed by atoms with Gasteiger partial charge in [-0.3, -0.25) is 20.3 Å². The minimum absolute atomic E-state index is 0.192. The average Bonchev–Trinajstić information content (AvgIpc) is 2.62. The molecule has 3 aromatic rings. The van der Waals surface area contributed by atoms with Crippen LogP contribution in [0, 0.1) is 10.1 Å². The van der Waals surface area contributed by atoms with Crippen molar-refractivity contribution in [3.8, 4) is 5.69 Å². The number of nitrogens with zero attached hydrogens (tertiary/aromatic N) is 3. The number of benzene rings is 2. The van der Waals surface area contributed by atoms with Gasteiger partial charge in [-0.1, -0.05) is 36.4 Å². The number of anilines is 2. The molecule has 0 amide bonds. The third-order valence-electron chi connectivity index (χ3n) is 3.26. The summed E-state index contributed by atoms with van der Waals surface area (Å²) >= 11 is 0. The first-order valence-corrected chi connectivity index (χ1v) is 7.06. The summed E-state index contributed by atoms with van der Waals surface area (Å²) in [5.41, 5.74) is 5.36. The molecule has 2 aromatic carbocycles. The van der Waals surface area contributed by atoms with Gasteiger partial charge in [-0.05, 0) is 24.3 Å². The Morgan fingerprint density at radius 3 is 2.21 bits per heavy atom. The summed E-state index contributed by atoms with van der Waals surface area (Å²) in [6.07, 6.45) is 1.05. The summed E-state index contributed by atoms with van der Waals surface area (Å²) in [6.45, 7) is 0. The third kappa shape index (κ3) is 3.07. The highest BCUT2D eigenvalue weighted by Crippen LogP contribution is 2.19. The van der Waals surface area contributed by atoms with Gasteiger partial charge in [0.2, 0.25) is 5.69 Å². The highest BCUT2D eigenvalue weighted by molar-refractivity contribution is 5.62. The van der Waals surface area contributed by atoms with Crippen LogP contribution in [0.15, 0.2) is 71.7 Å². The summed E-state index contributed by atoms with van der Waals surface area (Å²) in [6, 6.07) is 17.6. The zero-order valence-corrected chi connectivity index (χ0v) is 12.4. The summed E-state index contributed by atoms with van der Waals surface area (Å²) in [5, 5.41) is 15.1. The second-order valence-electron chi connectivity index (χ2n) is 4.83. The highest BCUT2D eigenvalue weighted by atomic mass is 16.6. The van der Waals surface area contributed by atoms with Gasteiger partial charge in [0.1, 0.15) is 6.20 Å². The van der Waals surface area contributed by atoms with Gasteiger partial charge >= 0.3 is 11.2 Å². The van der Waals surface area contributed by atoms with Gasteiger partial charge in [-0.25, -0.2) is 0 Å². The van der Waals surface area contributed by atoms with Crippen molar-refractivity contribution in [1.29, 1.82) is 0 Å². The van der Waals surface area contributed by atoms with Crippen LogP contribution in [0.2, 0.25) is 0 Å². The maximum atomic E-state index is 12.6. The maximum absolute atomic E-state index is 12.6. The Hall–Kier alpha value is -3.68. The number of hydrazine groups is 1. The summed E-state index contributed by atoms with van der Waals surface area (Å²) in [7, 11) is 0. The van der Waals surface area contributed by atoms with Crippen LogP contribution < -0.4 is 16.4 Å². The predicted octanol–water partition coefficient (Wildman–Crippen LogP) is 2.58. The minimum atomic E-state index is -0.654. The fraction of sp³-hybridized carbons (Fsp3) is 0. The number of aromatic nitrogens is 2. The van der Waals surface area contributed by atoms with Gasteiger partial charge in [-0.2, -0.15) is 9.78 Å². The fourth-order valence-electron chi connectivity index (χ4n) is 2.11. The van der Waals surface area contributed by atoms with E-state index >= 15 is 0 Å². The first kappa shape index (κ1) is 15.2. The van der Waals surface area contributed by atoms with Crippen molar-refractivity contribution in [2.24, 2.45) is 0 Å². The molecule has 0 atom stereocenters. The predicted molar refractivity (Wildman–Crippen MR) is 90.2 cm³/mol. The molecule has 24 heavy (non-hydrogen) atoms. The summed E-state index contributed by atoms with van der Waals surface area (Å²) in [4.78, 5) is 23.1. The van der Waals surface area contributed by atoms with Crippen molar-refractivity contribution < 1.29 is 4.92 Å². The van der Waals surface area contributed by atoms with E-state index < -0.39 is 16.2 Å². The molecule has 0 saturated heterocycles. The topological polar surface area (TPSA) is 102 Å². The Bertz CT molecular complexity index is 910. The monoisotopic (exact) mass is 323 g/mol. The van der Waals surface area contributed by atoms with Crippen LogP contribution in [-0.4, -0.2) is 14.7 Å². The maximum Gasteiger partial charge on any atom is 0.319 e. The number of hydrogen-bond donors (Lipinski definition) is 2. The SMILES string of the molecule is O=c1c(NNc2ccccc2)c([N+](=O)[O-])cnn1-c1ccccc1. The lowest BCUT2D eigenvalue weighted by Gasteiger charge is -2.11. The lowest BCUT2D eigenvalue weighted by atomic mass is 10.3. The van der Waals surface area contributed by atoms with Gasteiger partial charge < -0.3 is 5.43 Å². The van der Waals surface area contributed by atoms with E-state index in [0.29, 0.717) is 11.4 Å². The molecule has 0 fully saturated rings. The molecule has 0 aliphatic heterocycles. The summed E-state index contributed by atoms with van der Waals surface area (Å²) < 4.78 is 1.10. The molecule has 120 valence electrons. The van der Waals surface area contributed by atoms with E-state index in [1.54, 1.807) is 54.6 Å². The van der Waals surface area contributed by atoms with Crippen molar-refractivity contribution in [1.82, 2.24) is 9.78 Å². The first-order valence-electron chi connectivity index (χ1n) is 7.06. The van der Waals surface area contributed by atoms with Gasteiger partial charge in [0.25, 0.3) is 0 Å². The number of para-hydroxylation sites is 2. The molecule has 0 bridgehead atoms. The smallest absolute Gasteiger partial charge is 0.301 e. The minimum Gasteiger partial charge on any atom is -0.301 e. The van der Waals surface area contributed by atoms with Crippen molar-refractivity contribution >= 4 is 17.1 Å². The van der Waals surface area contributed by atoms with Crippen LogP contribution in [0.4, 0.5) is 17.1 Å². The highest BCUT2D eigenvalue weighted by Gasteiger charge is 2.21. The van der Waals surface area contributed by atoms with Crippen LogP contribution in [-0.2, 0) is 0 Å². The Morgan fingerprint density at radius 1 is 0.958 bits per heavy atom. The molecule has 0 aliphatic carbocycles. The van der Waals surface area contributed by atoms with Crippen molar-refractivity contribution in [2.75, 3.05) is 10.9 Å². The molecule has 2 N–H and O–H groups in total. The van der Waals surface area contributed by atoms with Crippen molar-refractivity contribution in [2.45, 2.75) is 0 Å². The Kier molecular flexibility index (Phi) is 4.19. The van der Waals surface area contributed by atoms with Gasteiger partial charge in [0.15, 0.2) is 0 Å². The average molecular weight is 323 g/mol. The van der Waals surface area contributed by atoms with E-state index in [4.69, 9.17) is 0 Å². The van der Waals surface area contributed by atoms with Crippen LogP contribution in [0.25, 0.3) is 5.69 Å². The molecule has 0 spiro atoms. The van der Waals surface area contributed by atoms with Crippen LogP contribution in [0.5, 0.6) is 0 Å². The zero-order valence-electron chi connectivity index (χ0n) is 12.4. The molecular formula is C16H13N5O3. The van der Waals surface area contributed by atoms with E-state index in [0.717, 1.165) is 10.9 Å². The first-order chi connectivity index (χ1) is 11.7. The van der Waals surface area contributed by atoms with Gasteiger partial charge in [0.05, 0.1) is 16.3 Å². The summed E-state index contributed by atoms with van der Waals surface area (Å²) in [5.74, 6) is 0. The second kappa shape index (κ2) is 6.61. The van der Waals surface area contributed by atoms with Gasteiger partial charge in [0, 0.05) is 0 Å². The molecule has 0 radical (unpaired) electrons. The molecule has 0 aliphatic rings. The Morgan fingerprint density at radius 2 is 1.58 bits per heavy atom. The molecule has 1 heterocycles. The van der Waals surface area contributed by atoms with E-state index in [2.05, 4.69) is 16.0 Å². The van der Waals surface area contributed by atoms with E-state index in [1.165, 1.54) is 0 Å². The van der Waals surface area contributed by atoms with Gasteiger partial charge in [-0.15, -0.1) is 0 Å². The lowest BCUT2D eigenvalue weighted by Crippen LogP contribution is -2.27. The quantitative estimate of drug-likeness (QED) is 0.552. The number of nitrogens with one attached hydrogen (secondary N) is 2. The molecular weight excluding hydrogens is 310 g/mol. The molecule has 0 saturated carbocycles. The fourth-order valence-corrected chi connectivity index (χ4v) is 2.11. The largest absolute Gasteiger partial charge is 0.319 e.